The van der Waals surface area contributed by atoms with Crippen LogP contribution in [-0.2, 0) is 0 Å². The largest absolute Gasteiger partial charge is 0.193 e. The monoisotopic (exact) mass is 298 g/mol. The summed E-state index contributed by atoms with van der Waals surface area (Å²) in [6.07, 6.45) is 10.1. The van der Waals surface area contributed by atoms with Gasteiger partial charge >= 0.3 is 0 Å². The highest BCUT2D eigenvalue weighted by Gasteiger charge is 2.80. The van der Waals surface area contributed by atoms with E-state index in [-0.39, 0.29) is 0 Å². The molecule has 112 valence electrons. The lowest BCUT2D eigenvalue weighted by Crippen LogP contribution is -2.21. The minimum atomic E-state index is 0.654. The van der Waals surface area contributed by atoms with Gasteiger partial charge in [0.05, 0.1) is 12.1 Å². The molecule has 6 saturated carbocycles. The third-order valence-electron chi connectivity index (χ3n) is 9.30. The lowest BCUT2D eigenvalue weighted by molar-refractivity contribution is 0.294. The van der Waals surface area contributed by atoms with Gasteiger partial charge in [-0.25, -0.2) is 0 Å². The molecular formula is C21H18N2. The first-order valence-corrected chi connectivity index (χ1v) is 9.24. The van der Waals surface area contributed by atoms with E-state index in [1.54, 1.807) is 0 Å². The number of hydrogen-bond donors (Lipinski definition) is 0. The normalized spacial score (nSPS) is 66.9. The molecule has 0 aromatic rings. The molecule has 2 unspecified atom stereocenters. The van der Waals surface area contributed by atoms with E-state index in [9.17, 15) is 10.5 Å². The Morgan fingerprint density at radius 2 is 1.26 bits per heavy atom. The van der Waals surface area contributed by atoms with Crippen LogP contribution in [0.2, 0.25) is 0 Å². The molecule has 0 aromatic carbocycles. The molecule has 23 heavy (non-hydrogen) atoms. The average molecular weight is 298 g/mol. The fourth-order valence-corrected chi connectivity index (χ4v) is 9.58. The van der Waals surface area contributed by atoms with Gasteiger partial charge in [-0.3, -0.25) is 0 Å². The van der Waals surface area contributed by atoms with Gasteiger partial charge in [-0.05, 0) is 77.4 Å². The molecule has 0 amide bonds. The van der Waals surface area contributed by atoms with E-state index in [4.69, 9.17) is 0 Å². The zero-order valence-corrected chi connectivity index (χ0v) is 12.8. The molecule has 0 spiro atoms. The van der Waals surface area contributed by atoms with Gasteiger partial charge in [-0.1, -0.05) is 23.3 Å². The standard InChI is InChI=1S/C21H18N2/c22-5-3-8-12-7-13-9(4-6-23)15-11-2-1-10-14(8)19-17(12)18(13)20(15)21(19)16(10)11/h1-4,10-21H,7H2/b8-3+,9-4+/t10-,11+,12+,13-,14-,15-,16?,17-,18-,19+,20-,21?/m0/s1. The van der Waals surface area contributed by atoms with E-state index in [0.29, 0.717) is 35.5 Å². The van der Waals surface area contributed by atoms with Crippen molar-refractivity contribution in [2.75, 3.05) is 0 Å². The zero-order chi connectivity index (χ0) is 15.0. The Balaban J connectivity index is 1.54. The predicted molar refractivity (Wildman–Crippen MR) is 83.0 cm³/mol. The summed E-state index contributed by atoms with van der Waals surface area (Å²) in [5.41, 5.74) is 3.01. The van der Waals surface area contributed by atoms with Gasteiger partial charge < -0.3 is 0 Å². The second kappa shape index (κ2) is 3.34. The SMILES string of the molecule is N#C/C=C1/[C@@H]2[C@H]3C4C5[C@H]2C=C[C@@H]5[C@@H]2/C(=C/C#N)[C@@H]5C[C@H]1[C@H]3[C@H]5[C@@H]42. The molecule has 0 heterocycles. The van der Waals surface area contributed by atoms with Gasteiger partial charge in [0, 0.05) is 12.2 Å². The Bertz CT molecular complexity index is 767. The summed E-state index contributed by atoms with van der Waals surface area (Å²) >= 11 is 0. The summed E-state index contributed by atoms with van der Waals surface area (Å²) in [6.45, 7) is 0. The summed E-state index contributed by atoms with van der Waals surface area (Å²) in [6, 6.07) is 4.76. The Morgan fingerprint density at radius 3 is 1.74 bits per heavy atom. The lowest BCUT2D eigenvalue weighted by atomic mass is 9.76. The molecule has 0 aliphatic heterocycles. The maximum atomic E-state index is 9.36. The van der Waals surface area contributed by atoms with E-state index < -0.39 is 0 Å². The number of nitriles is 2. The number of allylic oxidation sites excluding steroid dienone is 6. The molecule has 2 nitrogen and oxygen atoms in total. The van der Waals surface area contributed by atoms with E-state index in [1.807, 2.05) is 12.2 Å². The number of rotatable bonds is 0. The number of nitrogens with zero attached hydrogens (tertiary/aromatic N) is 2. The molecule has 6 fully saturated rings. The van der Waals surface area contributed by atoms with Crippen molar-refractivity contribution in [2.45, 2.75) is 6.42 Å². The maximum absolute atomic E-state index is 9.36. The highest BCUT2D eigenvalue weighted by atomic mass is 14.8. The van der Waals surface area contributed by atoms with Crippen LogP contribution in [0.25, 0.3) is 0 Å². The van der Waals surface area contributed by atoms with Crippen LogP contribution in [0.15, 0.2) is 35.5 Å². The van der Waals surface area contributed by atoms with Gasteiger partial charge in [0.1, 0.15) is 0 Å². The van der Waals surface area contributed by atoms with Crippen LogP contribution in [0.1, 0.15) is 6.42 Å². The molecule has 7 aliphatic carbocycles. The van der Waals surface area contributed by atoms with E-state index in [0.717, 1.165) is 35.5 Å². The van der Waals surface area contributed by atoms with Crippen molar-refractivity contribution in [1.29, 1.82) is 10.5 Å². The third kappa shape index (κ3) is 0.922. The summed E-state index contributed by atoms with van der Waals surface area (Å²) in [5.74, 6) is 9.24. The van der Waals surface area contributed by atoms with E-state index >= 15 is 0 Å². The Labute approximate surface area is 136 Å². The number of hydrogen-bond acceptors (Lipinski definition) is 2. The molecule has 0 aromatic heterocycles. The Morgan fingerprint density at radius 1 is 0.739 bits per heavy atom. The maximum Gasteiger partial charge on any atom is 0.0911 e. The summed E-state index contributed by atoms with van der Waals surface area (Å²) in [5, 5.41) is 18.7. The minimum Gasteiger partial charge on any atom is -0.193 e. The topological polar surface area (TPSA) is 47.6 Å². The van der Waals surface area contributed by atoms with Crippen LogP contribution in [0.4, 0.5) is 0 Å². The van der Waals surface area contributed by atoms with Crippen LogP contribution >= 0.6 is 0 Å². The number of fused-ring (bicyclic) bond motifs is 2. The fourth-order valence-electron chi connectivity index (χ4n) is 9.58. The van der Waals surface area contributed by atoms with Crippen molar-refractivity contribution >= 4 is 0 Å². The quantitative estimate of drug-likeness (QED) is 0.509. The van der Waals surface area contributed by atoms with E-state index in [2.05, 4.69) is 24.3 Å². The van der Waals surface area contributed by atoms with Crippen molar-refractivity contribution in [1.82, 2.24) is 0 Å². The van der Waals surface area contributed by atoms with Gasteiger partial charge in [-0.2, -0.15) is 10.5 Å². The molecule has 7 rings (SSSR count). The molecule has 12 atom stereocenters. The Hall–Kier alpha value is -1.80. The van der Waals surface area contributed by atoms with Crippen molar-refractivity contribution in [3.8, 4) is 12.1 Å². The molecule has 0 N–H and O–H groups in total. The van der Waals surface area contributed by atoms with Gasteiger partial charge in [0.25, 0.3) is 0 Å². The second-order valence-electron chi connectivity index (χ2n) is 9.05. The molecule has 0 radical (unpaired) electrons. The molecular weight excluding hydrogens is 280 g/mol. The first-order valence-electron chi connectivity index (χ1n) is 9.24. The van der Waals surface area contributed by atoms with Crippen molar-refractivity contribution in [2.24, 2.45) is 71.0 Å². The summed E-state index contributed by atoms with van der Waals surface area (Å²) in [4.78, 5) is 0. The molecule has 0 saturated heterocycles. The van der Waals surface area contributed by atoms with Crippen molar-refractivity contribution in [3.63, 3.8) is 0 Å². The fraction of sp³-hybridized carbons (Fsp3) is 0.619. The van der Waals surface area contributed by atoms with Gasteiger partial charge in [0.2, 0.25) is 0 Å². The van der Waals surface area contributed by atoms with Gasteiger partial charge in [0.15, 0.2) is 0 Å². The first-order chi connectivity index (χ1) is 11.4. The lowest BCUT2D eigenvalue weighted by Gasteiger charge is -2.27. The van der Waals surface area contributed by atoms with Crippen LogP contribution in [-0.4, -0.2) is 0 Å². The summed E-state index contributed by atoms with van der Waals surface area (Å²) < 4.78 is 0. The van der Waals surface area contributed by atoms with Gasteiger partial charge in [-0.15, -0.1) is 0 Å². The van der Waals surface area contributed by atoms with Crippen LogP contribution in [0.3, 0.4) is 0 Å². The molecule has 7 aliphatic rings. The molecule has 2 heteroatoms. The highest BCUT2D eigenvalue weighted by Crippen LogP contribution is 2.85. The zero-order valence-electron chi connectivity index (χ0n) is 12.8. The minimum absolute atomic E-state index is 0.654. The van der Waals surface area contributed by atoms with Crippen LogP contribution in [0.5, 0.6) is 0 Å². The predicted octanol–water partition coefficient (Wildman–Crippen LogP) is 3.32. The van der Waals surface area contributed by atoms with Crippen molar-refractivity contribution < 1.29 is 0 Å². The Kier molecular flexibility index (Phi) is 1.70. The second-order valence-corrected chi connectivity index (χ2v) is 9.05. The highest BCUT2D eigenvalue weighted by molar-refractivity contribution is 5.47. The first kappa shape index (κ1) is 11.7. The van der Waals surface area contributed by atoms with E-state index in [1.165, 1.54) is 17.6 Å². The average Bonchev–Trinajstić information content (AvgIpc) is 3.28. The third-order valence-corrected chi connectivity index (χ3v) is 9.30. The summed E-state index contributed by atoms with van der Waals surface area (Å²) in [7, 11) is 0. The van der Waals surface area contributed by atoms with Crippen LogP contribution in [0, 0.1) is 93.7 Å². The smallest absolute Gasteiger partial charge is 0.0911 e. The molecule has 0 bridgehead atoms. The van der Waals surface area contributed by atoms with Crippen LogP contribution < -0.4 is 0 Å². The van der Waals surface area contributed by atoms with Crippen molar-refractivity contribution in [3.05, 3.63) is 35.5 Å².